The van der Waals surface area contributed by atoms with E-state index >= 15 is 0 Å². The van der Waals surface area contributed by atoms with E-state index in [-0.39, 0.29) is 11.9 Å². The number of nitrogens with zero attached hydrogens (tertiary/aromatic N) is 1. The lowest BCUT2D eigenvalue weighted by molar-refractivity contribution is -0.134. The number of amides is 1. The van der Waals surface area contributed by atoms with Crippen molar-refractivity contribution in [3.05, 3.63) is 0 Å². The number of rotatable bonds is 3. The molecule has 2 unspecified atom stereocenters. The van der Waals surface area contributed by atoms with Gasteiger partial charge in [-0.25, -0.2) is 0 Å². The summed E-state index contributed by atoms with van der Waals surface area (Å²) >= 11 is 0. The van der Waals surface area contributed by atoms with Gasteiger partial charge in [0.2, 0.25) is 5.91 Å². The van der Waals surface area contributed by atoms with Gasteiger partial charge in [0.25, 0.3) is 0 Å². The van der Waals surface area contributed by atoms with Gasteiger partial charge in [-0.15, -0.1) is 0 Å². The number of hydrogen-bond acceptors (Lipinski definition) is 2. The molecule has 1 amide bonds. The Labute approximate surface area is 99.6 Å². The Morgan fingerprint density at radius 3 is 2.56 bits per heavy atom. The number of hydrogen-bond donors (Lipinski definition) is 1. The predicted molar refractivity (Wildman–Crippen MR) is 67.3 cm³/mol. The molecule has 0 bridgehead atoms. The van der Waals surface area contributed by atoms with E-state index in [0.717, 1.165) is 13.0 Å². The summed E-state index contributed by atoms with van der Waals surface area (Å²) in [7, 11) is 1.93. The van der Waals surface area contributed by atoms with E-state index in [4.69, 9.17) is 0 Å². The van der Waals surface area contributed by atoms with Gasteiger partial charge >= 0.3 is 0 Å². The molecule has 1 N–H and O–H groups in total. The van der Waals surface area contributed by atoms with Crippen LogP contribution in [0.3, 0.4) is 0 Å². The van der Waals surface area contributed by atoms with Gasteiger partial charge in [-0.1, -0.05) is 26.7 Å². The predicted octanol–water partition coefficient (Wildman–Crippen LogP) is 2.02. The number of nitrogens with one attached hydrogen (secondary N) is 1. The fraction of sp³-hybridized carbons (Fsp3) is 0.923. The highest BCUT2D eigenvalue weighted by Gasteiger charge is 2.26. The van der Waals surface area contributed by atoms with E-state index in [1.807, 2.05) is 11.9 Å². The van der Waals surface area contributed by atoms with E-state index in [9.17, 15) is 4.79 Å². The molecule has 1 rings (SSSR count). The van der Waals surface area contributed by atoms with Crippen LogP contribution >= 0.6 is 0 Å². The molecule has 1 fully saturated rings. The first-order chi connectivity index (χ1) is 7.54. The lowest BCUT2D eigenvalue weighted by Gasteiger charge is -2.31. The average molecular weight is 226 g/mol. The molecule has 1 aliphatic rings. The lowest BCUT2D eigenvalue weighted by atomic mass is 10.0. The molecular weight excluding hydrogens is 200 g/mol. The number of carbonyl (C=O) groups is 1. The van der Waals surface area contributed by atoms with Gasteiger partial charge < -0.3 is 10.2 Å². The van der Waals surface area contributed by atoms with Crippen molar-refractivity contribution in [1.82, 2.24) is 10.2 Å². The summed E-state index contributed by atoms with van der Waals surface area (Å²) in [6.07, 6.45) is 4.62. The van der Waals surface area contributed by atoms with Crippen molar-refractivity contribution in [3.63, 3.8) is 0 Å². The van der Waals surface area contributed by atoms with Crippen molar-refractivity contribution < 1.29 is 4.79 Å². The maximum atomic E-state index is 12.3. The summed E-state index contributed by atoms with van der Waals surface area (Å²) < 4.78 is 0. The monoisotopic (exact) mass is 226 g/mol. The molecule has 0 spiro atoms. The van der Waals surface area contributed by atoms with E-state index in [2.05, 4.69) is 26.1 Å². The third-order valence-corrected chi connectivity index (χ3v) is 3.78. The third-order valence-electron chi connectivity index (χ3n) is 3.78. The largest absolute Gasteiger partial charge is 0.341 e. The van der Waals surface area contributed by atoms with Crippen LogP contribution < -0.4 is 5.32 Å². The van der Waals surface area contributed by atoms with Gasteiger partial charge in [0.15, 0.2) is 0 Å². The Kier molecular flexibility index (Phi) is 5.26. The fourth-order valence-corrected chi connectivity index (χ4v) is 2.13. The van der Waals surface area contributed by atoms with Crippen LogP contribution in [0.1, 0.15) is 46.5 Å². The Morgan fingerprint density at radius 1 is 1.25 bits per heavy atom. The van der Waals surface area contributed by atoms with E-state index in [0.29, 0.717) is 12.0 Å². The second kappa shape index (κ2) is 6.24. The quantitative estimate of drug-likeness (QED) is 0.798. The molecule has 0 saturated carbocycles. The minimum Gasteiger partial charge on any atom is -0.341 e. The first kappa shape index (κ1) is 13.5. The average Bonchev–Trinajstić information content (AvgIpc) is 2.54. The van der Waals surface area contributed by atoms with Crippen LogP contribution in [0, 0.1) is 5.92 Å². The Morgan fingerprint density at radius 2 is 1.94 bits per heavy atom. The normalized spacial score (nSPS) is 23.9. The molecule has 0 aromatic rings. The molecule has 0 aromatic heterocycles. The van der Waals surface area contributed by atoms with Crippen LogP contribution in [-0.2, 0) is 4.79 Å². The van der Waals surface area contributed by atoms with Crippen molar-refractivity contribution in [2.24, 2.45) is 5.92 Å². The summed E-state index contributed by atoms with van der Waals surface area (Å²) in [5.41, 5.74) is 0. The van der Waals surface area contributed by atoms with E-state index < -0.39 is 0 Å². The van der Waals surface area contributed by atoms with Crippen molar-refractivity contribution in [3.8, 4) is 0 Å². The molecular formula is C13H26N2O. The van der Waals surface area contributed by atoms with Crippen LogP contribution in [0.4, 0.5) is 0 Å². The molecule has 3 heteroatoms. The second-order valence-corrected chi connectivity index (χ2v) is 5.29. The third kappa shape index (κ3) is 3.48. The maximum Gasteiger partial charge on any atom is 0.239 e. The van der Waals surface area contributed by atoms with Gasteiger partial charge in [-0.2, -0.15) is 0 Å². The minimum absolute atomic E-state index is 0.0497. The van der Waals surface area contributed by atoms with Crippen LogP contribution in [0.2, 0.25) is 0 Å². The molecule has 1 aliphatic heterocycles. The molecule has 0 radical (unpaired) electrons. The highest BCUT2D eigenvalue weighted by molar-refractivity contribution is 5.82. The molecule has 1 heterocycles. The molecule has 3 nitrogen and oxygen atoms in total. The maximum absolute atomic E-state index is 12.3. The molecule has 2 atom stereocenters. The van der Waals surface area contributed by atoms with Crippen molar-refractivity contribution in [2.75, 3.05) is 13.6 Å². The minimum atomic E-state index is 0.0497. The zero-order valence-electron chi connectivity index (χ0n) is 11.1. The molecule has 0 aliphatic carbocycles. The summed E-state index contributed by atoms with van der Waals surface area (Å²) in [5.74, 6) is 0.780. The van der Waals surface area contributed by atoms with Gasteiger partial charge in [-0.05, 0) is 32.2 Å². The molecule has 16 heavy (non-hydrogen) atoms. The second-order valence-electron chi connectivity index (χ2n) is 5.29. The molecule has 1 saturated heterocycles. The highest BCUT2D eigenvalue weighted by atomic mass is 16.2. The van der Waals surface area contributed by atoms with Crippen LogP contribution in [0.5, 0.6) is 0 Å². The van der Waals surface area contributed by atoms with Crippen molar-refractivity contribution in [2.45, 2.75) is 58.5 Å². The van der Waals surface area contributed by atoms with Gasteiger partial charge in [0, 0.05) is 13.1 Å². The Bertz CT molecular complexity index is 216. The molecule has 94 valence electrons. The van der Waals surface area contributed by atoms with Crippen molar-refractivity contribution in [1.29, 1.82) is 0 Å². The number of carbonyl (C=O) groups excluding carboxylic acids is 1. The van der Waals surface area contributed by atoms with E-state index in [1.165, 1.54) is 19.3 Å². The topological polar surface area (TPSA) is 32.3 Å². The fourth-order valence-electron chi connectivity index (χ4n) is 2.13. The van der Waals surface area contributed by atoms with Crippen molar-refractivity contribution >= 4 is 5.91 Å². The van der Waals surface area contributed by atoms with E-state index in [1.54, 1.807) is 0 Å². The van der Waals surface area contributed by atoms with Crippen LogP contribution in [0.15, 0.2) is 0 Å². The number of likely N-dealkylation sites (N-methyl/N-ethyl adjacent to an activating group) is 1. The standard InChI is InChI=1S/C13H26N2O/c1-10(2)11(3)15(4)13(16)12-8-6-5-7-9-14-12/h10-12,14H,5-9H2,1-4H3. The zero-order chi connectivity index (χ0) is 12.1. The first-order valence-electron chi connectivity index (χ1n) is 6.54. The molecule has 0 aromatic carbocycles. The SMILES string of the molecule is CC(C)C(C)N(C)C(=O)C1CCCCCN1. The lowest BCUT2D eigenvalue weighted by Crippen LogP contribution is -2.48. The highest BCUT2D eigenvalue weighted by Crippen LogP contribution is 2.14. The smallest absolute Gasteiger partial charge is 0.239 e. The summed E-state index contributed by atoms with van der Waals surface area (Å²) in [5, 5.41) is 3.36. The Balaban J connectivity index is 2.54. The zero-order valence-corrected chi connectivity index (χ0v) is 11.1. The first-order valence-corrected chi connectivity index (χ1v) is 6.54. The summed E-state index contributed by atoms with van der Waals surface area (Å²) in [6.45, 7) is 7.43. The summed E-state index contributed by atoms with van der Waals surface area (Å²) in [6, 6.07) is 0.367. The van der Waals surface area contributed by atoms with Crippen LogP contribution in [-0.4, -0.2) is 36.5 Å². The van der Waals surface area contributed by atoms with Gasteiger partial charge in [0.05, 0.1) is 6.04 Å². The summed E-state index contributed by atoms with van der Waals surface area (Å²) in [4.78, 5) is 14.2. The Hall–Kier alpha value is -0.570. The van der Waals surface area contributed by atoms with Gasteiger partial charge in [-0.3, -0.25) is 4.79 Å². The van der Waals surface area contributed by atoms with Crippen LogP contribution in [0.25, 0.3) is 0 Å². The van der Waals surface area contributed by atoms with Gasteiger partial charge in [0.1, 0.15) is 0 Å².